The monoisotopic (exact) mass is 459 g/mol. The summed E-state index contributed by atoms with van der Waals surface area (Å²) in [5, 5.41) is 10.6. The molecule has 1 amide bonds. The number of nitrogens with two attached hydrogens (primary N) is 1. The predicted octanol–water partition coefficient (Wildman–Crippen LogP) is 4.94. The smallest absolute Gasteiger partial charge is 0.252 e. The molecule has 0 saturated carbocycles. The summed E-state index contributed by atoms with van der Waals surface area (Å²) in [4.78, 5) is 17.8. The molecular weight excluding hydrogens is 430 g/mol. The van der Waals surface area contributed by atoms with Crippen LogP contribution in [0.1, 0.15) is 47.1 Å². The van der Waals surface area contributed by atoms with Gasteiger partial charge in [0, 0.05) is 35.7 Å². The zero-order chi connectivity index (χ0) is 23.2. The molecular formula is C26H29N5OS. The molecule has 6 nitrogen and oxygen atoms in total. The van der Waals surface area contributed by atoms with E-state index in [1.165, 1.54) is 0 Å². The molecule has 0 radical (unpaired) electrons. The van der Waals surface area contributed by atoms with E-state index in [1.807, 2.05) is 65.6 Å². The van der Waals surface area contributed by atoms with Crippen molar-refractivity contribution in [2.45, 2.75) is 39.3 Å². The van der Waals surface area contributed by atoms with Crippen LogP contribution in [0.4, 0.5) is 0 Å². The maximum Gasteiger partial charge on any atom is 0.252 e. The summed E-state index contributed by atoms with van der Waals surface area (Å²) in [6.07, 6.45) is 3.17. The largest absolute Gasteiger partial charge is 0.346 e. The van der Waals surface area contributed by atoms with Crippen LogP contribution in [0.15, 0.2) is 60.0 Å². The number of nitrogens with zero attached hydrogens (tertiary/aromatic N) is 3. The topological polar surface area (TPSA) is 85.8 Å². The van der Waals surface area contributed by atoms with Gasteiger partial charge in [0.2, 0.25) is 0 Å². The second-order valence-electron chi connectivity index (χ2n) is 8.02. The van der Waals surface area contributed by atoms with Crippen molar-refractivity contribution in [1.82, 2.24) is 20.1 Å². The lowest BCUT2D eigenvalue weighted by atomic mass is 10.0. The first-order chi connectivity index (χ1) is 16.1. The Morgan fingerprint density at radius 2 is 1.91 bits per heavy atom. The van der Waals surface area contributed by atoms with Gasteiger partial charge in [-0.1, -0.05) is 55.8 Å². The van der Waals surface area contributed by atoms with Crippen molar-refractivity contribution >= 4 is 17.2 Å². The molecule has 3 N–H and O–H groups in total. The highest BCUT2D eigenvalue weighted by Gasteiger charge is 2.16. The molecule has 0 aliphatic heterocycles. The highest BCUT2D eigenvalue weighted by molar-refractivity contribution is 7.13. The van der Waals surface area contributed by atoms with Gasteiger partial charge in [-0.3, -0.25) is 9.48 Å². The van der Waals surface area contributed by atoms with E-state index in [1.54, 1.807) is 11.3 Å². The van der Waals surface area contributed by atoms with Crippen LogP contribution in [0.2, 0.25) is 0 Å². The Morgan fingerprint density at radius 1 is 1.12 bits per heavy atom. The van der Waals surface area contributed by atoms with Crippen molar-refractivity contribution < 1.29 is 4.79 Å². The molecule has 0 spiro atoms. The maximum absolute atomic E-state index is 13.1. The lowest BCUT2D eigenvalue weighted by molar-refractivity contribution is 0.0951. The zero-order valence-electron chi connectivity index (χ0n) is 19.0. The molecule has 2 aromatic carbocycles. The van der Waals surface area contributed by atoms with Gasteiger partial charge in [-0.05, 0) is 30.5 Å². The molecule has 0 saturated heterocycles. The second-order valence-corrected chi connectivity index (χ2v) is 8.88. The van der Waals surface area contributed by atoms with Gasteiger partial charge < -0.3 is 11.1 Å². The molecule has 0 aliphatic rings. The van der Waals surface area contributed by atoms with Gasteiger partial charge in [0.15, 0.2) is 0 Å². The summed E-state index contributed by atoms with van der Waals surface area (Å²) in [5.74, 6) is -0.122. The highest BCUT2D eigenvalue weighted by atomic mass is 32.1. The van der Waals surface area contributed by atoms with Gasteiger partial charge in [0.25, 0.3) is 5.91 Å². The third-order valence-corrected chi connectivity index (χ3v) is 6.52. The molecule has 170 valence electrons. The van der Waals surface area contributed by atoms with E-state index in [0.29, 0.717) is 18.7 Å². The first kappa shape index (κ1) is 22.9. The van der Waals surface area contributed by atoms with Crippen LogP contribution in [0.3, 0.4) is 0 Å². The Bertz CT molecular complexity index is 1230. The van der Waals surface area contributed by atoms with E-state index in [2.05, 4.69) is 28.4 Å². The van der Waals surface area contributed by atoms with E-state index in [0.717, 1.165) is 58.0 Å². The number of amides is 1. The zero-order valence-corrected chi connectivity index (χ0v) is 19.9. The minimum Gasteiger partial charge on any atom is -0.346 e. The number of hydrogen-bond donors (Lipinski definition) is 2. The molecule has 0 unspecified atom stereocenters. The number of carbonyl (C=O) groups is 1. The summed E-state index contributed by atoms with van der Waals surface area (Å²) < 4.78 is 1.86. The summed E-state index contributed by atoms with van der Waals surface area (Å²) in [6.45, 7) is 3.07. The number of thiazole rings is 1. The maximum atomic E-state index is 13.1. The minimum absolute atomic E-state index is 0.122. The average molecular weight is 460 g/mol. The Kier molecular flexibility index (Phi) is 7.32. The van der Waals surface area contributed by atoms with Gasteiger partial charge in [-0.25, -0.2) is 4.98 Å². The molecule has 0 fully saturated rings. The van der Waals surface area contributed by atoms with Gasteiger partial charge in [-0.15, -0.1) is 11.3 Å². The molecule has 2 aromatic heterocycles. The van der Waals surface area contributed by atoms with E-state index in [9.17, 15) is 4.79 Å². The molecule has 0 bridgehead atoms. The quantitative estimate of drug-likeness (QED) is 0.371. The van der Waals surface area contributed by atoms with Crippen LogP contribution in [-0.2, 0) is 26.6 Å². The Morgan fingerprint density at radius 3 is 2.67 bits per heavy atom. The van der Waals surface area contributed by atoms with Crippen LogP contribution in [0.5, 0.6) is 0 Å². The van der Waals surface area contributed by atoms with Crippen molar-refractivity contribution in [3.63, 3.8) is 0 Å². The Hall–Kier alpha value is -3.29. The molecule has 33 heavy (non-hydrogen) atoms. The third kappa shape index (κ3) is 5.38. The SMILES string of the molecule is CCCCc1cc(-c2ccccc2C(=O)NCc2csc(-c3ccc(CN)cc3)n2)n(C)n1. The number of aryl methyl sites for hydroxylation is 2. The lowest BCUT2D eigenvalue weighted by Crippen LogP contribution is -2.23. The number of rotatable bonds is 9. The van der Waals surface area contributed by atoms with Crippen molar-refractivity contribution in [1.29, 1.82) is 0 Å². The summed E-state index contributed by atoms with van der Waals surface area (Å²) >= 11 is 1.57. The fourth-order valence-corrected chi connectivity index (χ4v) is 4.56. The van der Waals surface area contributed by atoms with Crippen LogP contribution in [0, 0.1) is 0 Å². The summed E-state index contributed by atoms with van der Waals surface area (Å²) in [7, 11) is 1.93. The number of nitrogens with one attached hydrogen (secondary N) is 1. The lowest BCUT2D eigenvalue weighted by Gasteiger charge is -2.10. The van der Waals surface area contributed by atoms with E-state index >= 15 is 0 Å². The number of unbranched alkanes of at least 4 members (excludes halogenated alkanes) is 1. The molecule has 0 atom stereocenters. The van der Waals surface area contributed by atoms with Crippen molar-refractivity contribution in [2.75, 3.05) is 0 Å². The highest BCUT2D eigenvalue weighted by Crippen LogP contribution is 2.26. The second kappa shape index (κ2) is 10.6. The van der Waals surface area contributed by atoms with Gasteiger partial charge in [0.1, 0.15) is 5.01 Å². The number of aromatic nitrogens is 3. The molecule has 4 aromatic rings. The van der Waals surface area contributed by atoms with Crippen molar-refractivity contribution in [3.8, 4) is 21.8 Å². The van der Waals surface area contributed by atoms with E-state index in [-0.39, 0.29) is 5.91 Å². The molecule has 2 heterocycles. The standard InChI is InChI=1S/C26H29N5OS/c1-3-4-7-20-14-24(31(2)30-20)22-8-5-6-9-23(22)25(32)28-16-21-17-33-26(29-21)19-12-10-18(15-27)11-13-19/h5-6,8-14,17H,3-4,7,15-16,27H2,1-2H3,(H,28,32). The predicted molar refractivity (Wildman–Crippen MR) is 134 cm³/mol. The van der Waals surface area contributed by atoms with E-state index < -0.39 is 0 Å². The van der Waals surface area contributed by atoms with Crippen LogP contribution >= 0.6 is 11.3 Å². The van der Waals surface area contributed by atoms with Crippen molar-refractivity contribution in [2.24, 2.45) is 12.8 Å². The third-order valence-electron chi connectivity index (χ3n) is 5.58. The number of hydrogen-bond acceptors (Lipinski definition) is 5. The van der Waals surface area contributed by atoms with Gasteiger partial charge >= 0.3 is 0 Å². The van der Waals surface area contributed by atoms with Crippen molar-refractivity contribution in [3.05, 3.63) is 82.5 Å². The normalized spacial score (nSPS) is 11.0. The van der Waals surface area contributed by atoms with Crippen LogP contribution in [0.25, 0.3) is 21.8 Å². The minimum atomic E-state index is -0.122. The van der Waals surface area contributed by atoms with Crippen LogP contribution in [-0.4, -0.2) is 20.7 Å². The number of benzene rings is 2. The van der Waals surface area contributed by atoms with Gasteiger partial charge in [-0.2, -0.15) is 5.10 Å². The molecule has 7 heteroatoms. The fraction of sp³-hybridized carbons (Fsp3) is 0.269. The fourth-order valence-electron chi connectivity index (χ4n) is 3.73. The Balaban J connectivity index is 1.47. The van der Waals surface area contributed by atoms with Crippen LogP contribution < -0.4 is 11.1 Å². The molecule has 4 rings (SSSR count). The first-order valence-electron chi connectivity index (χ1n) is 11.2. The average Bonchev–Trinajstić information content (AvgIpc) is 3.47. The number of carbonyl (C=O) groups excluding carboxylic acids is 1. The Labute approximate surface area is 198 Å². The van der Waals surface area contributed by atoms with E-state index in [4.69, 9.17) is 5.73 Å². The summed E-state index contributed by atoms with van der Waals surface area (Å²) in [5.41, 5.74) is 12.2. The van der Waals surface area contributed by atoms with Gasteiger partial charge in [0.05, 0.1) is 23.6 Å². The first-order valence-corrected chi connectivity index (χ1v) is 12.1. The molecule has 0 aliphatic carbocycles. The summed E-state index contributed by atoms with van der Waals surface area (Å²) in [6, 6.07) is 17.8.